The van der Waals surface area contributed by atoms with E-state index in [4.69, 9.17) is 9.47 Å². The molecule has 0 N–H and O–H groups in total. The van der Waals surface area contributed by atoms with Gasteiger partial charge in [-0.25, -0.2) is 4.79 Å². The first kappa shape index (κ1) is 24.8. The van der Waals surface area contributed by atoms with E-state index in [0.717, 1.165) is 74.5 Å². The Bertz CT molecular complexity index is 741. The van der Waals surface area contributed by atoms with E-state index in [1.165, 1.54) is 12.8 Å². The average Bonchev–Trinajstić information content (AvgIpc) is 3.42. The molecule has 2 aliphatic rings. The van der Waals surface area contributed by atoms with Crippen LogP contribution >= 0.6 is 0 Å². The number of carbonyl (C=O) groups excluding carboxylic acids is 2. The van der Waals surface area contributed by atoms with Crippen molar-refractivity contribution in [2.75, 3.05) is 27.2 Å². The van der Waals surface area contributed by atoms with Gasteiger partial charge >= 0.3 is 11.9 Å². The van der Waals surface area contributed by atoms with Crippen molar-refractivity contribution >= 4 is 11.9 Å². The zero-order valence-corrected chi connectivity index (χ0v) is 20.3. The molecule has 0 aromatic heterocycles. The van der Waals surface area contributed by atoms with Crippen LogP contribution in [0.4, 0.5) is 0 Å². The van der Waals surface area contributed by atoms with Crippen molar-refractivity contribution < 1.29 is 23.5 Å². The Morgan fingerprint density at radius 3 is 2.31 bits per heavy atom. The Morgan fingerprint density at radius 2 is 1.69 bits per heavy atom. The van der Waals surface area contributed by atoms with Gasteiger partial charge in [0.25, 0.3) is 0 Å². The molecule has 2 fully saturated rings. The summed E-state index contributed by atoms with van der Waals surface area (Å²) in [6, 6.07) is 9.60. The second kappa shape index (κ2) is 11.3. The second-order valence-corrected chi connectivity index (χ2v) is 10.4. The lowest BCUT2D eigenvalue weighted by Gasteiger charge is -2.37. The summed E-state index contributed by atoms with van der Waals surface area (Å²) in [5, 5.41) is 0. The molecule has 1 saturated carbocycles. The van der Waals surface area contributed by atoms with Crippen LogP contribution in [0.1, 0.15) is 83.1 Å². The molecule has 0 amide bonds. The van der Waals surface area contributed by atoms with E-state index in [1.807, 2.05) is 30.3 Å². The number of likely N-dealkylation sites (tertiary alicyclic amines) is 1. The van der Waals surface area contributed by atoms with Gasteiger partial charge in [0, 0.05) is 24.3 Å². The van der Waals surface area contributed by atoms with Crippen LogP contribution in [0.25, 0.3) is 0 Å². The van der Waals surface area contributed by atoms with Crippen LogP contribution in [0.3, 0.4) is 0 Å². The fourth-order valence-electron chi connectivity index (χ4n) is 5.39. The van der Waals surface area contributed by atoms with Gasteiger partial charge < -0.3 is 14.0 Å². The van der Waals surface area contributed by atoms with Crippen LogP contribution in [-0.2, 0) is 24.7 Å². The summed E-state index contributed by atoms with van der Waals surface area (Å²) >= 11 is 0. The Morgan fingerprint density at radius 1 is 1.00 bits per heavy atom. The number of rotatable bonds is 11. The highest BCUT2D eigenvalue weighted by atomic mass is 16.6. The third kappa shape index (κ3) is 6.12. The topological polar surface area (TPSA) is 52.6 Å². The Labute approximate surface area is 194 Å². The first-order chi connectivity index (χ1) is 15.4. The maximum Gasteiger partial charge on any atom is 0.356 e. The average molecular weight is 445 g/mol. The van der Waals surface area contributed by atoms with Crippen molar-refractivity contribution in [2.24, 2.45) is 5.92 Å². The number of likely N-dealkylation sites (N-methyl/N-ethyl adjacent to an activating group) is 1. The maximum absolute atomic E-state index is 13.9. The monoisotopic (exact) mass is 444 g/mol. The van der Waals surface area contributed by atoms with Gasteiger partial charge in [-0.15, -0.1) is 0 Å². The fourth-order valence-corrected chi connectivity index (χ4v) is 5.39. The molecule has 1 heterocycles. The summed E-state index contributed by atoms with van der Waals surface area (Å²) in [6.07, 6.45) is 10.2. The molecular formula is C27H42NO4+. The van der Waals surface area contributed by atoms with Crippen LogP contribution in [0.2, 0.25) is 0 Å². The molecule has 0 radical (unpaired) electrons. The first-order valence-corrected chi connectivity index (χ1v) is 12.7. The molecule has 3 rings (SSSR count). The lowest BCUT2D eigenvalue weighted by atomic mass is 9.79. The molecule has 0 bridgehead atoms. The van der Waals surface area contributed by atoms with Gasteiger partial charge in [0.2, 0.25) is 5.60 Å². The number of benzene rings is 1. The van der Waals surface area contributed by atoms with Crippen molar-refractivity contribution in [1.29, 1.82) is 0 Å². The molecule has 0 spiro atoms. The molecule has 1 aliphatic heterocycles. The maximum atomic E-state index is 13.9. The molecule has 1 aromatic rings. The third-order valence-electron chi connectivity index (χ3n) is 7.22. The van der Waals surface area contributed by atoms with Gasteiger partial charge in [-0.2, -0.15) is 0 Å². The minimum Gasteiger partial charge on any atom is -0.453 e. The van der Waals surface area contributed by atoms with Crippen LogP contribution in [-0.4, -0.2) is 49.7 Å². The number of nitrogens with zero attached hydrogens (tertiary/aromatic N) is 1. The molecule has 32 heavy (non-hydrogen) atoms. The number of unbranched alkanes of at least 4 members (excludes halogenated alkanes) is 4. The van der Waals surface area contributed by atoms with Crippen molar-refractivity contribution in [3.8, 4) is 0 Å². The number of carbonyl (C=O) groups is 2. The lowest BCUT2D eigenvalue weighted by molar-refractivity contribution is -0.879. The zero-order chi connectivity index (χ0) is 23.0. The molecule has 1 aromatic carbocycles. The Balaban J connectivity index is 1.83. The normalized spacial score (nSPS) is 22.4. The second-order valence-electron chi connectivity index (χ2n) is 10.4. The largest absolute Gasteiger partial charge is 0.453 e. The molecule has 2 atom stereocenters. The molecule has 2 unspecified atom stereocenters. The van der Waals surface area contributed by atoms with Gasteiger partial charge in [-0.05, 0) is 19.3 Å². The third-order valence-corrected chi connectivity index (χ3v) is 7.22. The summed E-state index contributed by atoms with van der Waals surface area (Å²) in [7, 11) is 4.32. The molecule has 5 nitrogen and oxygen atoms in total. The summed E-state index contributed by atoms with van der Waals surface area (Å²) in [5.74, 6) is -0.691. The number of hydrogen-bond acceptors (Lipinski definition) is 4. The summed E-state index contributed by atoms with van der Waals surface area (Å²) in [4.78, 5) is 26.9. The minimum atomic E-state index is -1.34. The smallest absolute Gasteiger partial charge is 0.356 e. The van der Waals surface area contributed by atoms with Gasteiger partial charge in [0.15, 0.2) is 6.10 Å². The van der Waals surface area contributed by atoms with Gasteiger partial charge in [0.1, 0.15) is 6.54 Å². The summed E-state index contributed by atoms with van der Waals surface area (Å²) in [5.41, 5.74) is -0.583. The number of ether oxygens (including phenoxy) is 2. The zero-order valence-electron chi connectivity index (χ0n) is 20.3. The highest BCUT2D eigenvalue weighted by Crippen LogP contribution is 2.45. The Kier molecular flexibility index (Phi) is 8.75. The Hall–Kier alpha value is -1.88. The van der Waals surface area contributed by atoms with Crippen LogP contribution < -0.4 is 0 Å². The lowest BCUT2D eigenvalue weighted by Crippen LogP contribution is -2.49. The van der Waals surface area contributed by atoms with Crippen LogP contribution in [0, 0.1) is 5.92 Å². The van der Waals surface area contributed by atoms with Gasteiger partial charge in [-0.3, -0.25) is 4.79 Å². The number of esters is 2. The quantitative estimate of drug-likeness (QED) is 0.262. The number of quaternary nitrogens is 1. The highest BCUT2D eigenvalue weighted by molar-refractivity contribution is 5.85. The highest BCUT2D eigenvalue weighted by Gasteiger charge is 2.54. The summed E-state index contributed by atoms with van der Waals surface area (Å²) in [6.45, 7) is 3.96. The predicted molar refractivity (Wildman–Crippen MR) is 126 cm³/mol. The van der Waals surface area contributed by atoms with E-state index in [9.17, 15) is 9.59 Å². The van der Waals surface area contributed by atoms with Crippen LogP contribution in [0.15, 0.2) is 30.3 Å². The first-order valence-electron chi connectivity index (χ1n) is 12.7. The van der Waals surface area contributed by atoms with Crippen LogP contribution in [0.5, 0.6) is 0 Å². The van der Waals surface area contributed by atoms with E-state index in [-0.39, 0.29) is 24.0 Å². The minimum absolute atomic E-state index is 0.0367. The van der Waals surface area contributed by atoms with Gasteiger partial charge in [0.05, 0.1) is 20.6 Å². The van der Waals surface area contributed by atoms with E-state index < -0.39 is 5.60 Å². The molecular weight excluding hydrogens is 402 g/mol. The van der Waals surface area contributed by atoms with E-state index in [1.54, 1.807) is 0 Å². The predicted octanol–water partition coefficient (Wildman–Crippen LogP) is 5.37. The van der Waals surface area contributed by atoms with Crippen molar-refractivity contribution in [3.05, 3.63) is 35.9 Å². The molecule has 5 heteroatoms. The summed E-state index contributed by atoms with van der Waals surface area (Å²) < 4.78 is 13.2. The molecule has 1 saturated heterocycles. The van der Waals surface area contributed by atoms with E-state index in [2.05, 4.69) is 21.0 Å². The van der Waals surface area contributed by atoms with Crippen molar-refractivity contribution in [2.45, 2.75) is 89.3 Å². The van der Waals surface area contributed by atoms with E-state index in [0.29, 0.717) is 6.42 Å². The van der Waals surface area contributed by atoms with Crippen molar-refractivity contribution in [1.82, 2.24) is 0 Å². The van der Waals surface area contributed by atoms with E-state index >= 15 is 0 Å². The van der Waals surface area contributed by atoms with Crippen molar-refractivity contribution in [3.63, 3.8) is 0 Å². The van der Waals surface area contributed by atoms with Gasteiger partial charge in [-0.1, -0.05) is 75.8 Å². The molecule has 178 valence electrons. The fraction of sp³-hybridized carbons (Fsp3) is 0.704. The molecule has 1 aliphatic carbocycles. The SMILES string of the molecule is CCCCCCCC(=O)OC(C(=O)OC1CC[N+](C)(C)C1)(c1ccccc1)C1CCCC1. The standard InChI is InChI=1S/C27H42NO4/c1-4-5-6-7-11-18-25(29)32-27(23-16-12-13-17-23,22-14-9-8-10-15-22)26(30)31-24-19-20-28(2,3)21-24/h8-10,14-15,23-24H,4-7,11-13,16-21H2,1-3H3/q+1. The number of hydrogen-bond donors (Lipinski definition) is 0.